The average Bonchev–Trinajstić information content (AvgIpc) is 2.47. The molecule has 0 spiro atoms. The number of nitrogens with zero attached hydrogens (tertiary/aromatic N) is 2. The lowest BCUT2D eigenvalue weighted by Crippen LogP contribution is -2.04. The lowest BCUT2D eigenvalue weighted by Gasteiger charge is -2.03. The number of carboxylic acids is 1. The second-order valence-electron chi connectivity index (χ2n) is 4.13. The van der Waals surface area contributed by atoms with E-state index in [-0.39, 0.29) is 5.82 Å². The van der Waals surface area contributed by atoms with Gasteiger partial charge in [-0.05, 0) is 22.9 Å². The minimum absolute atomic E-state index is 0.189. The van der Waals surface area contributed by atoms with E-state index < -0.39 is 5.97 Å². The standard InChI is InChI=1S/C15H10N2O2/c18-15(19)14-16-8-7-13(17-14)12-6-5-10-3-1-2-4-11(10)9-12/h1-9H,(H,18,19). The van der Waals surface area contributed by atoms with Crippen LogP contribution in [-0.4, -0.2) is 21.0 Å². The Hall–Kier alpha value is -2.75. The van der Waals surface area contributed by atoms with Crippen LogP contribution in [0.15, 0.2) is 54.7 Å². The van der Waals surface area contributed by atoms with Gasteiger partial charge in [-0.2, -0.15) is 0 Å². The van der Waals surface area contributed by atoms with Crippen LogP contribution in [0, 0.1) is 0 Å². The third-order valence-corrected chi connectivity index (χ3v) is 2.89. The molecule has 19 heavy (non-hydrogen) atoms. The van der Waals surface area contributed by atoms with Crippen molar-refractivity contribution in [3.05, 3.63) is 60.6 Å². The van der Waals surface area contributed by atoms with E-state index in [0.29, 0.717) is 5.69 Å². The molecular weight excluding hydrogens is 240 g/mol. The van der Waals surface area contributed by atoms with Gasteiger partial charge in [0.2, 0.25) is 5.82 Å². The summed E-state index contributed by atoms with van der Waals surface area (Å²) >= 11 is 0. The predicted molar refractivity (Wildman–Crippen MR) is 71.9 cm³/mol. The maximum Gasteiger partial charge on any atom is 0.373 e. The number of hydrogen-bond donors (Lipinski definition) is 1. The second kappa shape index (κ2) is 4.49. The number of rotatable bonds is 2. The molecule has 0 aliphatic rings. The van der Waals surface area contributed by atoms with Crippen molar-refractivity contribution in [2.45, 2.75) is 0 Å². The zero-order chi connectivity index (χ0) is 13.2. The molecule has 0 atom stereocenters. The van der Waals surface area contributed by atoms with Gasteiger partial charge in [0, 0.05) is 11.8 Å². The fraction of sp³-hybridized carbons (Fsp3) is 0. The Kier molecular flexibility index (Phi) is 2.68. The zero-order valence-electron chi connectivity index (χ0n) is 9.95. The first-order valence-electron chi connectivity index (χ1n) is 5.79. The first-order valence-corrected chi connectivity index (χ1v) is 5.79. The molecule has 0 bridgehead atoms. The number of fused-ring (bicyclic) bond motifs is 1. The molecule has 0 saturated carbocycles. The second-order valence-corrected chi connectivity index (χ2v) is 4.13. The predicted octanol–water partition coefficient (Wildman–Crippen LogP) is 3.00. The van der Waals surface area contributed by atoms with Crippen LogP contribution in [0.4, 0.5) is 0 Å². The van der Waals surface area contributed by atoms with Crippen molar-refractivity contribution in [1.29, 1.82) is 0 Å². The monoisotopic (exact) mass is 250 g/mol. The fourth-order valence-electron chi connectivity index (χ4n) is 1.97. The third-order valence-electron chi connectivity index (χ3n) is 2.89. The zero-order valence-corrected chi connectivity index (χ0v) is 9.95. The van der Waals surface area contributed by atoms with Gasteiger partial charge in [0.15, 0.2) is 0 Å². The van der Waals surface area contributed by atoms with Crippen LogP contribution in [0.3, 0.4) is 0 Å². The number of benzene rings is 2. The van der Waals surface area contributed by atoms with Gasteiger partial charge in [-0.25, -0.2) is 14.8 Å². The molecule has 0 aliphatic carbocycles. The van der Waals surface area contributed by atoms with Crippen LogP contribution < -0.4 is 0 Å². The Morgan fingerprint density at radius 1 is 1.00 bits per heavy atom. The number of aromatic carboxylic acids is 1. The van der Waals surface area contributed by atoms with Gasteiger partial charge in [0.05, 0.1) is 5.69 Å². The van der Waals surface area contributed by atoms with E-state index >= 15 is 0 Å². The first kappa shape index (κ1) is 11.3. The lowest BCUT2D eigenvalue weighted by molar-refractivity contribution is 0.0683. The summed E-state index contributed by atoms with van der Waals surface area (Å²) in [4.78, 5) is 18.6. The number of hydrogen-bond acceptors (Lipinski definition) is 3. The van der Waals surface area contributed by atoms with Crippen molar-refractivity contribution in [2.24, 2.45) is 0 Å². The molecule has 4 nitrogen and oxygen atoms in total. The first-order chi connectivity index (χ1) is 9.24. The summed E-state index contributed by atoms with van der Waals surface area (Å²) in [7, 11) is 0. The van der Waals surface area contributed by atoms with Gasteiger partial charge < -0.3 is 5.11 Å². The molecule has 92 valence electrons. The van der Waals surface area contributed by atoms with E-state index in [1.165, 1.54) is 6.20 Å². The highest BCUT2D eigenvalue weighted by atomic mass is 16.4. The van der Waals surface area contributed by atoms with Crippen LogP contribution >= 0.6 is 0 Å². The number of carbonyl (C=O) groups is 1. The van der Waals surface area contributed by atoms with Crippen molar-refractivity contribution in [3.8, 4) is 11.3 Å². The summed E-state index contributed by atoms with van der Waals surface area (Å²) in [6, 6.07) is 15.6. The highest BCUT2D eigenvalue weighted by Crippen LogP contribution is 2.22. The molecule has 0 amide bonds. The quantitative estimate of drug-likeness (QED) is 0.759. The lowest BCUT2D eigenvalue weighted by atomic mass is 10.1. The maximum atomic E-state index is 10.9. The molecule has 2 aromatic carbocycles. The Labute approximate surface area is 109 Å². The van der Waals surface area contributed by atoms with Gasteiger partial charge in [-0.3, -0.25) is 0 Å². The molecule has 0 saturated heterocycles. The summed E-state index contributed by atoms with van der Waals surface area (Å²) < 4.78 is 0. The molecule has 1 N–H and O–H groups in total. The van der Waals surface area contributed by atoms with Crippen molar-refractivity contribution < 1.29 is 9.90 Å². The van der Waals surface area contributed by atoms with Gasteiger partial charge in [0.1, 0.15) is 0 Å². The van der Waals surface area contributed by atoms with Crippen molar-refractivity contribution in [2.75, 3.05) is 0 Å². The van der Waals surface area contributed by atoms with Crippen LogP contribution in [0.1, 0.15) is 10.6 Å². The summed E-state index contributed by atoms with van der Waals surface area (Å²) in [5.74, 6) is -1.31. The number of aromatic nitrogens is 2. The van der Waals surface area contributed by atoms with E-state index in [9.17, 15) is 4.79 Å². The van der Waals surface area contributed by atoms with E-state index in [2.05, 4.69) is 9.97 Å². The van der Waals surface area contributed by atoms with Crippen LogP contribution in [-0.2, 0) is 0 Å². The number of carboxylic acid groups (broad SMARTS) is 1. The van der Waals surface area contributed by atoms with E-state index in [1.807, 2.05) is 42.5 Å². The molecule has 4 heteroatoms. The molecule has 1 aromatic heterocycles. The highest BCUT2D eigenvalue weighted by molar-refractivity contribution is 5.87. The topological polar surface area (TPSA) is 63.1 Å². The smallest absolute Gasteiger partial charge is 0.373 e. The SMILES string of the molecule is O=C(O)c1nccc(-c2ccc3ccccc3c2)n1. The van der Waals surface area contributed by atoms with E-state index in [0.717, 1.165) is 16.3 Å². The van der Waals surface area contributed by atoms with Gasteiger partial charge in [0.25, 0.3) is 0 Å². The Morgan fingerprint density at radius 2 is 1.79 bits per heavy atom. The third kappa shape index (κ3) is 2.15. The Morgan fingerprint density at radius 3 is 2.58 bits per heavy atom. The van der Waals surface area contributed by atoms with Crippen LogP contribution in [0.5, 0.6) is 0 Å². The van der Waals surface area contributed by atoms with Crippen molar-refractivity contribution >= 4 is 16.7 Å². The molecular formula is C15H10N2O2. The highest BCUT2D eigenvalue weighted by Gasteiger charge is 2.08. The normalized spacial score (nSPS) is 10.5. The van der Waals surface area contributed by atoms with Crippen LogP contribution in [0.25, 0.3) is 22.0 Å². The summed E-state index contributed by atoms with van der Waals surface area (Å²) in [6.45, 7) is 0. The molecule has 0 fully saturated rings. The molecule has 3 rings (SSSR count). The Balaban J connectivity index is 2.13. The summed E-state index contributed by atoms with van der Waals surface area (Å²) in [5, 5.41) is 11.1. The van der Waals surface area contributed by atoms with Crippen LogP contribution in [0.2, 0.25) is 0 Å². The van der Waals surface area contributed by atoms with E-state index in [1.54, 1.807) is 6.07 Å². The fourth-order valence-corrected chi connectivity index (χ4v) is 1.97. The summed E-state index contributed by atoms with van der Waals surface area (Å²) in [5.41, 5.74) is 1.49. The summed E-state index contributed by atoms with van der Waals surface area (Å²) in [6.07, 6.45) is 1.46. The van der Waals surface area contributed by atoms with E-state index in [4.69, 9.17) is 5.11 Å². The minimum Gasteiger partial charge on any atom is -0.475 e. The molecule has 0 radical (unpaired) electrons. The molecule has 0 unspecified atom stereocenters. The van der Waals surface area contributed by atoms with Crippen molar-refractivity contribution in [3.63, 3.8) is 0 Å². The Bertz CT molecular complexity index is 769. The van der Waals surface area contributed by atoms with Gasteiger partial charge in [-0.15, -0.1) is 0 Å². The van der Waals surface area contributed by atoms with Gasteiger partial charge in [-0.1, -0.05) is 36.4 Å². The van der Waals surface area contributed by atoms with Gasteiger partial charge >= 0.3 is 5.97 Å². The maximum absolute atomic E-state index is 10.9. The largest absolute Gasteiger partial charge is 0.475 e. The average molecular weight is 250 g/mol. The molecule has 3 aromatic rings. The van der Waals surface area contributed by atoms with Crippen molar-refractivity contribution in [1.82, 2.24) is 9.97 Å². The molecule has 0 aliphatic heterocycles. The molecule has 1 heterocycles. The minimum atomic E-state index is -1.12.